The van der Waals surface area contributed by atoms with E-state index in [-0.39, 0.29) is 17.9 Å². The zero-order chi connectivity index (χ0) is 14.2. The average Bonchev–Trinajstić information content (AvgIpc) is 3.07. The second-order valence-corrected chi connectivity index (χ2v) is 7.60. The molecule has 2 saturated heterocycles. The van der Waals surface area contributed by atoms with Crippen molar-refractivity contribution in [2.45, 2.75) is 44.8 Å². The predicted molar refractivity (Wildman–Crippen MR) is 74.9 cm³/mol. The van der Waals surface area contributed by atoms with Crippen molar-refractivity contribution in [3.63, 3.8) is 0 Å². The van der Waals surface area contributed by atoms with E-state index in [1.807, 2.05) is 19.1 Å². The number of nitrogens with zero attached hydrogens (tertiary/aromatic N) is 1. The van der Waals surface area contributed by atoms with Crippen molar-refractivity contribution in [1.82, 2.24) is 4.31 Å². The molecule has 0 spiro atoms. The summed E-state index contributed by atoms with van der Waals surface area (Å²) in [5.74, 6) is 1.68. The minimum absolute atomic E-state index is 0.100. The molecule has 3 rings (SSSR count). The molecule has 3 heterocycles. The fourth-order valence-corrected chi connectivity index (χ4v) is 5.02. The van der Waals surface area contributed by atoms with E-state index in [9.17, 15) is 8.42 Å². The van der Waals surface area contributed by atoms with Crippen LogP contribution in [0.4, 0.5) is 0 Å². The lowest BCUT2D eigenvalue weighted by Gasteiger charge is -2.24. The molecule has 1 aromatic rings. The lowest BCUT2D eigenvalue weighted by molar-refractivity contribution is 0.126. The zero-order valence-electron chi connectivity index (χ0n) is 11.7. The maximum atomic E-state index is 12.6. The van der Waals surface area contributed by atoms with E-state index in [4.69, 9.17) is 9.15 Å². The molecule has 0 N–H and O–H groups in total. The molecule has 0 amide bonds. The van der Waals surface area contributed by atoms with E-state index in [1.165, 1.54) is 0 Å². The zero-order valence-corrected chi connectivity index (χ0v) is 12.6. The predicted octanol–water partition coefficient (Wildman–Crippen LogP) is 2.23. The highest BCUT2D eigenvalue weighted by atomic mass is 32.2. The van der Waals surface area contributed by atoms with Gasteiger partial charge in [0, 0.05) is 13.2 Å². The van der Waals surface area contributed by atoms with Crippen LogP contribution in [-0.2, 0) is 14.8 Å². The highest BCUT2D eigenvalue weighted by Crippen LogP contribution is 2.35. The molecule has 2 atom stereocenters. The average molecular weight is 299 g/mol. The Bertz CT molecular complexity index is 559. The quantitative estimate of drug-likeness (QED) is 0.855. The fraction of sp³-hybridized carbons (Fsp3) is 0.714. The number of furan rings is 1. The molecule has 0 radical (unpaired) electrons. The molecule has 0 aromatic carbocycles. The van der Waals surface area contributed by atoms with Crippen LogP contribution >= 0.6 is 0 Å². The number of hydrogen-bond acceptors (Lipinski definition) is 4. The molecule has 1 aromatic heterocycles. The summed E-state index contributed by atoms with van der Waals surface area (Å²) in [4.78, 5) is 0. The molecule has 6 heteroatoms. The van der Waals surface area contributed by atoms with Crippen LogP contribution in [0.25, 0.3) is 0 Å². The van der Waals surface area contributed by atoms with Crippen molar-refractivity contribution in [2.24, 2.45) is 0 Å². The van der Waals surface area contributed by atoms with Crippen LogP contribution in [0.2, 0.25) is 0 Å². The minimum Gasteiger partial charge on any atom is -0.465 e. The first kappa shape index (κ1) is 14.1. The summed E-state index contributed by atoms with van der Waals surface area (Å²) >= 11 is 0. The van der Waals surface area contributed by atoms with E-state index >= 15 is 0 Å². The Morgan fingerprint density at radius 3 is 2.80 bits per heavy atom. The third-order valence-corrected chi connectivity index (χ3v) is 6.02. The standard InChI is InChI=1S/C14H21NO4S/c1-11-6-7-14(19-11)13-5-2-8-15(13)20(16,17)10-12-4-3-9-18-12/h6-7,12-13H,2-5,8-10H2,1H3/t12-,13-/m0/s1. The van der Waals surface area contributed by atoms with Crippen LogP contribution in [0, 0.1) is 6.92 Å². The van der Waals surface area contributed by atoms with Gasteiger partial charge < -0.3 is 9.15 Å². The minimum atomic E-state index is -3.28. The van der Waals surface area contributed by atoms with Gasteiger partial charge in [0.1, 0.15) is 11.5 Å². The van der Waals surface area contributed by atoms with Gasteiger partial charge in [0.25, 0.3) is 0 Å². The molecule has 2 aliphatic rings. The van der Waals surface area contributed by atoms with Gasteiger partial charge in [-0.15, -0.1) is 0 Å². The molecule has 0 unspecified atom stereocenters. The monoisotopic (exact) mass is 299 g/mol. The Labute approximate surface area is 119 Å². The largest absolute Gasteiger partial charge is 0.465 e. The van der Waals surface area contributed by atoms with Crippen molar-refractivity contribution in [2.75, 3.05) is 18.9 Å². The van der Waals surface area contributed by atoms with E-state index < -0.39 is 10.0 Å². The normalized spacial score (nSPS) is 28.2. The van der Waals surface area contributed by atoms with Gasteiger partial charge in [-0.2, -0.15) is 4.31 Å². The van der Waals surface area contributed by atoms with Crippen LogP contribution in [0.1, 0.15) is 43.2 Å². The van der Waals surface area contributed by atoms with Gasteiger partial charge in [0.15, 0.2) is 0 Å². The van der Waals surface area contributed by atoms with E-state index in [1.54, 1.807) is 4.31 Å². The first-order valence-corrected chi connectivity index (χ1v) is 8.84. The number of hydrogen-bond donors (Lipinski definition) is 0. The first-order valence-electron chi connectivity index (χ1n) is 7.24. The number of aryl methyl sites for hydroxylation is 1. The molecule has 112 valence electrons. The van der Waals surface area contributed by atoms with Crippen LogP contribution in [0.3, 0.4) is 0 Å². The summed E-state index contributed by atoms with van der Waals surface area (Å²) in [5.41, 5.74) is 0. The number of ether oxygens (including phenoxy) is 1. The molecule has 2 aliphatic heterocycles. The van der Waals surface area contributed by atoms with Gasteiger partial charge in [-0.05, 0) is 44.7 Å². The Balaban J connectivity index is 1.77. The van der Waals surface area contributed by atoms with Crippen molar-refractivity contribution in [3.8, 4) is 0 Å². The van der Waals surface area contributed by atoms with E-state index in [0.29, 0.717) is 13.2 Å². The summed E-state index contributed by atoms with van der Waals surface area (Å²) in [5, 5.41) is 0. The van der Waals surface area contributed by atoms with Crippen molar-refractivity contribution >= 4 is 10.0 Å². The number of sulfonamides is 1. The Morgan fingerprint density at radius 2 is 2.15 bits per heavy atom. The van der Waals surface area contributed by atoms with E-state index in [0.717, 1.165) is 37.2 Å². The van der Waals surface area contributed by atoms with Gasteiger partial charge in [0.2, 0.25) is 10.0 Å². The SMILES string of the molecule is Cc1ccc([C@@H]2CCCN2S(=O)(=O)C[C@@H]2CCCO2)o1. The third-order valence-electron chi connectivity index (χ3n) is 4.07. The lowest BCUT2D eigenvalue weighted by Crippen LogP contribution is -2.36. The van der Waals surface area contributed by atoms with Crippen molar-refractivity contribution in [1.29, 1.82) is 0 Å². The molecule has 0 saturated carbocycles. The topological polar surface area (TPSA) is 59.8 Å². The Hall–Kier alpha value is -0.850. The van der Waals surface area contributed by atoms with Crippen molar-refractivity contribution in [3.05, 3.63) is 23.7 Å². The second-order valence-electron chi connectivity index (χ2n) is 5.63. The van der Waals surface area contributed by atoms with Crippen LogP contribution in [0.5, 0.6) is 0 Å². The maximum absolute atomic E-state index is 12.6. The molecule has 20 heavy (non-hydrogen) atoms. The molecule has 5 nitrogen and oxygen atoms in total. The first-order chi connectivity index (χ1) is 9.56. The van der Waals surface area contributed by atoms with Crippen LogP contribution < -0.4 is 0 Å². The summed E-state index contributed by atoms with van der Waals surface area (Å²) in [6.07, 6.45) is 3.38. The summed E-state index contributed by atoms with van der Waals surface area (Å²) in [7, 11) is -3.28. The fourth-order valence-electron chi connectivity index (χ4n) is 3.10. The van der Waals surface area contributed by atoms with Gasteiger partial charge in [-0.3, -0.25) is 0 Å². The highest BCUT2D eigenvalue weighted by molar-refractivity contribution is 7.89. The Kier molecular flexibility index (Phi) is 3.88. The van der Waals surface area contributed by atoms with E-state index in [2.05, 4.69) is 0 Å². The highest BCUT2D eigenvalue weighted by Gasteiger charge is 2.38. The van der Waals surface area contributed by atoms with Crippen LogP contribution in [-0.4, -0.2) is 37.7 Å². The molecular weight excluding hydrogens is 278 g/mol. The molecular formula is C14H21NO4S. The Morgan fingerprint density at radius 1 is 1.30 bits per heavy atom. The van der Waals surface area contributed by atoms with Crippen molar-refractivity contribution < 1.29 is 17.6 Å². The summed E-state index contributed by atoms with van der Waals surface area (Å²) < 4.78 is 37.9. The number of rotatable bonds is 4. The summed E-state index contributed by atoms with van der Waals surface area (Å²) in [6, 6.07) is 3.63. The smallest absolute Gasteiger partial charge is 0.217 e. The van der Waals surface area contributed by atoms with Gasteiger partial charge >= 0.3 is 0 Å². The van der Waals surface area contributed by atoms with Gasteiger partial charge in [-0.25, -0.2) is 8.42 Å². The van der Waals surface area contributed by atoms with Gasteiger partial charge in [0.05, 0.1) is 17.9 Å². The van der Waals surface area contributed by atoms with Crippen LogP contribution in [0.15, 0.2) is 16.5 Å². The summed E-state index contributed by atoms with van der Waals surface area (Å²) in [6.45, 7) is 3.14. The third kappa shape index (κ3) is 2.77. The van der Waals surface area contributed by atoms with Gasteiger partial charge in [-0.1, -0.05) is 0 Å². The maximum Gasteiger partial charge on any atom is 0.217 e. The second kappa shape index (κ2) is 5.50. The lowest BCUT2D eigenvalue weighted by atomic mass is 10.2. The molecule has 0 bridgehead atoms. The molecule has 0 aliphatic carbocycles. The molecule has 2 fully saturated rings.